The largest absolute Gasteiger partial charge is 0.480 e. The first kappa shape index (κ1) is 15.0. The van der Waals surface area contributed by atoms with Gasteiger partial charge in [0, 0.05) is 12.7 Å². The quantitative estimate of drug-likeness (QED) is 0.771. The van der Waals surface area contributed by atoms with Crippen molar-refractivity contribution in [3.8, 4) is 0 Å². The highest BCUT2D eigenvalue weighted by atomic mass is 16.4. The van der Waals surface area contributed by atoms with Crippen LogP contribution < -0.4 is 10.6 Å². The van der Waals surface area contributed by atoms with Gasteiger partial charge in [-0.3, -0.25) is 4.68 Å². The van der Waals surface area contributed by atoms with Crippen LogP contribution >= 0.6 is 0 Å². The molecule has 1 atom stereocenters. The molecule has 0 fully saturated rings. The first-order chi connectivity index (χ1) is 8.74. The SMILES string of the molecule is CCn1cc(NC(=O)N[C@@H](C(=O)O)C(C)(C)C)cn1. The van der Waals surface area contributed by atoms with Crippen LogP contribution in [0.25, 0.3) is 0 Å². The number of aliphatic carboxylic acids is 1. The van der Waals surface area contributed by atoms with E-state index < -0.39 is 23.5 Å². The van der Waals surface area contributed by atoms with Gasteiger partial charge in [0.05, 0.1) is 11.9 Å². The number of hydrogen-bond acceptors (Lipinski definition) is 3. The first-order valence-electron chi connectivity index (χ1n) is 6.06. The summed E-state index contributed by atoms with van der Waals surface area (Å²) in [4.78, 5) is 22.9. The molecule has 1 heterocycles. The van der Waals surface area contributed by atoms with Crippen LogP contribution in [0.4, 0.5) is 10.5 Å². The molecule has 19 heavy (non-hydrogen) atoms. The van der Waals surface area contributed by atoms with Gasteiger partial charge in [-0.05, 0) is 12.3 Å². The number of carboxylic acids is 1. The number of urea groups is 1. The Labute approximate surface area is 112 Å². The van der Waals surface area contributed by atoms with Crippen LogP contribution in [0.1, 0.15) is 27.7 Å². The van der Waals surface area contributed by atoms with Gasteiger partial charge in [-0.15, -0.1) is 0 Å². The average Bonchev–Trinajstić information content (AvgIpc) is 2.71. The third-order valence-electron chi connectivity index (χ3n) is 2.60. The van der Waals surface area contributed by atoms with Gasteiger partial charge in [0.1, 0.15) is 6.04 Å². The van der Waals surface area contributed by atoms with E-state index >= 15 is 0 Å². The predicted octanol–water partition coefficient (Wildman–Crippen LogP) is 1.52. The summed E-state index contributed by atoms with van der Waals surface area (Å²) in [5, 5.41) is 18.1. The van der Waals surface area contributed by atoms with Crippen LogP contribution in [0.2, 0.25) is 0 Å². The molecule has 0 radical (unpaired) electrons. The lowest BCUT2D eigenvalue weighted by Gasteiger charge is -2.27. The number of anilines is 1. The maximum absolute atomic E-state index is 11.7. The molecule has 1 aromatic rings. The van der Waals surface area contributed by atoms with Crippen molar-refractivity contribution in [1.82, 2.24) is 15.1 Å². The molecule has 0 aliphatic heterocycles. The Morgan fingerprint density at radius 2 is 2.11 bits per heavy atom. The molecule has 3 N–H and O–H groups in total. The molecule has 0 spiro atoms. The molecule has 106 valence electrons. The fourth-order valence-corrected chi connectivity index (χ4v) is 1.55. The number of hydrogen-bond donors (Lipinski definition) is 3. The third kappa shape index (κ3) is 4.27. The summed E-state index contributed by atoms with van der Waals surface area (Å²) in [6, 6.07) is -1.52. The van der Waals surface area contributed by atoms with E-state index in [2.05, 4.69) is 15.7 Å². The average molecular weight is 268 g/mol. The summed E-state index contributed by atoms with van der Waals surface area (Å²) in [6.45, 7) is 7.88. The van der Waals surface area contributed by atoms with Gasteiger partial charge >= 0.3 is 12.0 Å². The summed E-state index contributed by atoms with van der Waals surface area (Å²) in [5.74, 6) is -1.06. The van der Waals surface area contributed by atoms with Crippen molar-refractivity contribution in [2.75, 3.05) is 5.32 Å². The Balaban J connectivity index is 2.65. The van der Waals surface area contributed by atoms with Gasteiger partial charge in [-0.25, -0.2) is 9.59 Å². The van der Waals surface area contributed by atoms with Crippen molar-refractivity contribution in [1.29, 1.82) is 0 Å². The summed E-state index contributed by atoms with van der Waals surface area (Å²) < 4.78 is 1.66. The number of aryl methyl sites for hydroxylation is 1. The molecule has 2 amide bonds. The number of amides is 2. The number of nitrogens with zero attached hydrogens (tertiary/aromatic N) is 2. The predicted molar refractivity (Wildman–Crippen MR) is 70.9 cm³/mol. The summed E-state index contributed by atoms with van der Waals surface area (Å²) in [6.07, 6.45) is 3.18. The Morgan fingerprint density at radius 3 is 2.53 bits per heavy atom. The fourth-order valence-electron chi connectivity index (χ4n) is 1.55. The minimum Gasteiger partial charge on any atom is -0.480 e. The van der Waals surface area contributed by atoms with E-state index in [1.54, 1.807) is 31.6 Å². The molecule has 1 rings (SSSR count). The van der Waals surface area contributed by atoms with E-state index in [1.165, 1.54) is 6.20 Å². The zero-order chi connectivity index (χ0) is 14.6. The topological polar surface area (TPSA) is 96.2 Å². The Morgan fingerprint density at radius 1 is 1.47 bits per heavy atom. The number of carbonyl (C=O) groups is 2. The zero-order valence-corrected chi connectivity index (χ0v) is 11.6. The van der Waals surface area contributed by atoms with Gasteiger partial charge in [-0.1, -0.05) is 20.8 Å². The zero-order valence-electron chi connectivity index (χ0n) is 11.6. The van der Waals surface area contributed by atoms with Crippen LogP contribution in [0, 0.1) is 5.41 Å². The number of carbonyl (C=O) groups excluding carboxylic acids is 1. The Hall–Kier alpha value is -2.05. The van der Waals surface area contributed by atoms with E-state index in [-0.39, 0.29) is 0 Å². The lowest BCUT2D eigenvalue weighted by atomic mass is 9.87. The molecule has 0 saturated carbocycles. The Kier molecular flexibility index (Phi) is 4.52. The smallest absolute Gasteiger partial charge is 0.326 e. The van der Waals surface area contributed by atoms with Crippen LogP contribution in [0.5, 0.6) is 0 Å². The highest BCUT2D eigenvalue weighted by Gasteiger charge is 2.32. The second-order valence-corrected chi connectivity index (χ2v) is 5.32. The molecule has 0 aliphatic carbocycles. The van der Waals surface area contributed by atoms with Gasteiger partial charge in [0.25, 0.3) is 0 Å². The molecule has 0 aromatic carbocycles. The standard InChI is InChI=1S/C12H20N4O3/c1-5-16-7-8(6-13-16)14-11(19)15-9(10(17)18)12(2,3)4/h6-7,9H,5H2,1-4H3,(H,17,18)(H2,14,15,19)/t9-/m0/s1. The van der Waals surface area contributed by atoms with E-state index in [1.807, 2.05) is 6.92 Å². The number of nitrogens with one attached hydrogen (secondary N) is 2. The van der Waals surface area contributed by atoms with Crippen molar-refractivity contribution in [2.45, 2.75) is 40.3 Å². The van der Waals surface area contributed by atoms with Crippen molar-refractivity contribution >= 4 is 17.7 Å². The minimum absolute atomic E-state index is 0.525. The molecular weight excluding hydrogens is 248 g/mol. The van der Waals surface area contributed by atoms with Crippen molar-refractivity contribution < 1.29 is 14.7 Å². The third-order valence-corrected chi connectivity index (χ3v) is 2.60. The summed E-state index contributed by atoms with van der Waals surface area (Å²) in [5.41, 5.74) is -0.0473. The van der Waals surface area contributed by atoms with Crippen LogP contribution in [-0.4, -0.2) is 32.9 Å². The molecule has 0 unspecified atom stereocenters. The summed E-state index contributed by atoms with van der Waals surface area (Å²) >= 11 is 0. The monoisotopic (exact) mass is 268 g/mol. The van der Waals surface area contributed by atoms with Crippen LogP contribution in [0.15, 0.2) is 12.4 Å². The minimum atomic E-state index is -1.06. The van der Waals surface area contributed by atoms with Crippen LogP contribution in [-0.2, 0) is 11.3 Å². The van der Waals surface area contributed by atoms with Gasteiger partial charge in [0.2, 0.25) is 0 Å². The van der Waals surface area contributed by atoms with Crippen molar-refractivity contribution in [3.63, 3.8) is 0 Å². The fraction of sp³-hybridized carbons (Fsp3) is 0.583. The van der Waals surface area contributed by atoms with Gasteiger partial charge in [0.15, 0.2) is 0 Å². The van der Waals surface area contributed by atoms with E-state index in [4.69, 9.17) is 5.11 Å². The van der Waals surface area contributed by atoms with Gasteiger partial charge in [-0.2, -0.15) is 5.10 Å². The molecule has 7 heteroatoms. The number of aromatic nitrogens is 2. The maximum Gasteiger partial charge on any atom is 0.326 e. The van der Waals surface area contributed by atoms with E-state index in [0.29, 0.717) is 12.2 Å². The normalized spacial score (nSPS) is 12.8. The second-order valence-electron chi connectivity index (χ2n) is 5.32. The van der Waals surface area contributed by atoms with E-state index in [9.17, 15) is 9.59 Å². The molecular formula is C12H20N4O3. The van der Waals surface area contributed by atoms with Crippen LogP contribution in [0.3, 0.4) is 0 Å². The molecule has 1 aromatic heterocycles. The highest BCUT2D eigenvalue weighted by molar-refractivity contribution is 5.92. The molecule has 7 nitrogen and oxygen atoms in total. The lowest BCUT2D eigenvalue weighted by Crippen LogP contribution is -2.50. The maximum atomic E-state index is 11.7. The Bertz CT molecular complexity index is 462. The first-order valence-corrected chi connectivity index (χ1v) is 6.06. The number of rotatable bonds is 4. The molecule has 0 bridgehead atoms. The lowest BCUT2D eigenvalue weighted by molar-refractivity contribution is -0.141. The van der Waals surface area contributed by atoms with Gasteiger partial charge < -0.3 is 15.7 Å². The second kappa shape index (κ2) is 5.73. The van der Waals surface area contributed by atoms with Crippen molar-refractivity contribution in [2.24, 2.45) is 5.41 Å². The van der Waals surface area contributed by atoms with Crippen molar-refractivity contribution in [3.05, 3.63) is 12.4 Å². The van der Waals surface area contributed by atoms with E-state index in [0.717, 1.165) is 0 Å². The molecule has 0 aliphatic rings. The number of carboxylic acid groups (broad SMARTS) is 1. The highest BCUT2D eigenvalue weighted by Crippen LogP contribution is 2.19. The summed E-state index contributed by atoms with van der Waals surface area (Å²) in [7, 11) is 0. The molecule has 0 saturated heterocycles.